The van der Waals surface area contributed by atoms with Gasteiger partial charge in [-0.1, -0.05) is 123 Å². The van der Waals surface area contributed by atoms with Gasteiger partial charge in [0.25, 0.3) is 0 Å². The Morgan fingerprint density at radius 2 is 1.00 bits per heavy atom. The SMILES string of the molecule is CCCCCCCCCCCCCCCC[Si]1(C)OC(C)(C)C[Si](C)(C)[Si]1(C)C. The summed E-state index contributed by atoms with van der Waals surface area (Å²) in [4.78, 5) is 0. The molecule has 0 aromatic rings. The second kappa shape index (κ2) is 12.6. The lowest BCUT2D eigenvalue weighted by Crippen LogP contribution is -2.78. The Morgan fingerprint density at radius 1 is 0.621 bits per heavy atom. The van der Waals surface area contributed by atoms with E-state index in [2.05, 4.69) is 53.5 Å². The fourth-order valence-corrected chi connectivity index (χ4v) is 39.4. The summed E-state index contributed by atoms with van der Waals surface area (Å²) in [5.74, 6) is 0. The number of hydrogen-bond acceptors (Lipinski definition) is 1. The lowest BCUT2D eigenvalue weighted by molar-refractivity contribution is 0.120. The Kier molecular flexibility index (Phi) is 12.0. The standard InChI is InChI=1S/C25H56OSi3/c1-9-10-11-12-13-14-15-16-17-18-19-20-21-22-23-29(8)26-25(2,3)24-27(4,5)28(29,6)7/h9-24H2,1-8H3. The maximum atomic E-state index is 6.96. The number of hydrogen-bond donors (Lipinski definition) is 0. The van der Waals surface area contributed by atoms with Crippen LogP contribution in [0.1, 0.15) is 111 Å². The average Bonchev–Trinajstić information content (AvgIpc) is 2.59. The van der Waals surface area contributed by atoms with Crippen LogP contribution in [0.15, 0.2) is 0 Å². The average molecular weight is 457 g/mol. The van der Waals surface area contributed by atoms with Crippen molar-refractivity contribution in [3.63, 3.8) is 0 Å². The first-order valence-electron chi connectivity index (χ1n) is 13.2. The van der Waals surface area contributed by atoms with E-state index >= 15 is 0 Å². The molecule has 174 valence electrons. The first-order valence-corrected chi connectivity index (χ1v) is 24.0. The van der Waals surface area contributed by atoms with Gasteiger partial charge in [-0.25, -0.2) is 0 Å². The fourth-order valence-electron chi connectivity index (χ4n) is 5.79. The highest BCUT2D eigenvalue weighted by Crippen LogP contribution is 2.45. The monoisotopic (exact) mass is 456 g/mol. The predicted molar refractivity (Wildman–Crippen MR) is 142 cm³/mol. The summed E-state index contributed by atoms with van der Waals surface area (Å²) in [5, 5.41) is 0. The minimum Gasteiger partial charge on any atom is -0.415 e. The second-order valence-corrected chi connectivity index (χ2v) is 38.9. The third-order valence-corrected chi connectivity index (χ3v) is 49.0. The molecule has 4 heteroatoms. The van der Waals surface area contributed by atoms with Crippen LogP contribution in [-0.2, 0) is 4.43 Å². The molecule has 0 bridgehead atoms. The highest BCUT2D eigenvalue weighted by atomic mass is 29.6. The van der Waals surface area contributed by atoms with E-state index < -0.39 is 22.5 Å². The number of unbranched alkanes of at least 4 members (excludes halogenated alkanes) is 13. The topological polar surface area (TPSA) is 9.23 Å². The van der Waals surface area contributed by atoms with Crippen molar-refractivity contribution in [2.24, 2.45) is 0 Å². The Labute approximate surface area is 187 Å². The van der Waals surface area contributed by atoms with Gasteiger partial charge < -0.3 is 4.43 Å². The molecule has 1 fully saturated rings. The van der Waals surface area contributed by atoms with E-state index in [0.29, 0.717) is 0 Å². The van der Waals surface area contributed by atoms with Crippen molar-refractivity contribution in [2.75, 3.05) is 0 Å². The molecule has 1 heterocycles. The normalized spacial score (nSPS) is 25.2. The van der Waals surface area contributed by atoms with Gasteiger partial charge in [0, 0.05) is 13.2 Å². The molecule has 1 aliphatic rings. The first kappa shape index (κ1) is 27.6. The Hall–Kier alpha value is 0.611. The smallest absolute Gasteiger partial charge is 0.174 e. The van der Waals surface area contributed by atoms with Crippen LogP contribution in [0.2, 0.25) is 44.8 Å². The quantitative estimate of drug-likeness (QED) is 0.176. The highest BCUT2D eigenvalue weighted by molar-refractivity contribution is 7.67. The van der Waals surface area contributed by atoms with Gasteiger partial charge in [0.1, 0.15) is 0 Å². The lowest BCUT2D eigenvalue weighted by Gasteiger charge is -2.59. The molecule has 1 aliphatic heterocycles. The van der Waals surface area contributed by atoms with Crippen molar-refractivity contribution in [2.45, 2.75) is 161 Å². The van der Waals surface area contributed by atoms with Gasteiger partial charge in [0.2, 0.25) is 0 Å². The summed E-state index contributed by atoms with van der Waals surface area (Å²) in [7, 11) is -3.87. The van der Waals surface area contributed by atoms with Crippen LogP contribution in [0.5, 0.6) is 0 Å². The van der Waals surface area contributed by atoms with Gasteiger partial charge in [0.15, 0.2) is 7.83 Å². The van der Waals surface area contributed by atoms with E-state index in [4.69, 9.17) is 4.43 Å². The van der Waals surface area contributed by atoms with Crippen molar-refractivity contribution < 1.29 is 4.43 Å². The molecule has 0 saturated carbocycles. The minimum atomic E-state index is -1.54. The fraction of sp³-hybridized carbons (Fsp3) is 1.00. The summed E-state index contributed by atoms with van der Waals surface area (Å²) in [6.45, 7) is 20.4. The highest BCUT2D eigenvalue weighted by Gasteiger charge is 2.61. The van der Waals surface area contributed by atoms with Crippen molar-refractivity contribution >= 4 is 22.5 Å². The molecule has 0 aliphatic carbocycles. The minimum absolute atomic E-state index is 0.148. The maximum Gasteiger partial charge on any atom is 0.174 e. The van der Waals surface area contributed by atoms with Gasteiger partial charge >= 0.3 is 0 Å². The van der Waals surface area contributed by atoms with Crippen LogP contribution in [0.4, 0.5) is 0 Å². The van der Waals surface area contributed by atoms with Crippen LogP contribution in [0.3, 0.4) is 0 Å². The van der Waals surface area contributed by atoms with Crippen LogP contribution in [-0.4, -0.2) is 28.1 Å². The van der Waals surface area contributed by atoms with Crippen LogP contribution < -0.4 is 0 Å². The van der Waals surface area contributed by atoms with Gasteiger partial charge in [-0.05, 0) is 32.5 Å². The van der Waals surface area contributed by atoms with Crippen LogP contribution >= 0.6 is 0 Å². The summed E-state index contributed by atoms with van der Waals surface area (Å²) in [6.07, 6.45) is 20.3. The van der Waals surface area contributed by atoms with E-state index in [-0.39, 0.29) is 5.60 Å². The van der Waals surface area contributed by atoms with Crippen molar-refractivity contribution in [1.29, 1.82) is 0 Å². The first-order chi connectivity index (χ1) is 13.5. The van der Waals surface area contributed by atoms with Gasteiger partial charge in [0.05, 0.1) is 7.11 Å². The molecule has 1 atom stereocenters. The molecule has 0 aromatic carbocycles. The third kappa shape index (κ3) is 8.94. The molecular weight excluding hydrogens is 401 g/mol. The summed E-state index contributed by atoms with van der Waals surface area (Å²) < 4.78 is 6.96. The molecular formula is C25H56OSi3. The van der Waals surface area contributed by atoms with Gasteiger partial charge in [-0.2, -0.15) is 0 Å². The Bertz CT molecular complexity index is 447. The zero-order chi connectivity index (χ0) is 22.0. The molecule has 1 rings (SSSR count). The van der Waals surface area contributed by atoms with Crippen LogP contribution in [0.25, 0.3) is 0 Å². The summed E-state index contributed by atoms with van der Waals surface area (Å²) >= 11 is 0. The summed E-state index contributed by atoms with van der Waals surface area (Å²) in [6, 6.07) is 2.81. The Balaban J connectivity index is 2.13. The molecule has 1 nitrogen and oxygen atoms in total. The predicted octanol–water partition coefficient (Wildman–Crippen LogP) is 9.43. The lowest BCUT2D eigenvalue weighted by atomic mass is 10.0. The second-order valence-electron chi connectivity index (χ2n) is 12.1. The molecule has 0 spiro atoms. The van der Waals surface area contributed by atoms with E-state index in [1.807, 2.05) is 0 Å². The molecule has 0 amide bonds. The molecule has 1 unspecified atom stereocenters. The third-order valence-electron chi connectivity index (χ3n) is 8.39. The summed E-state index contributed by atoms with van der Waals surface area (Å²) in [5.41, 5.74) is 0.148. The van der Waals surface area contributed by atoms with Crippen molar-refractivity contribution in [3.8, 4) is 0 Å². The zero-order valence-corrected chi connectivity index (χ0v) is 24.7. The van der Waals surface area contributed by atoms with E-state index in [1.54, 1.807) is 0 Å². The van der Waals surface area contributed by atoms with E-state index in [9.17, 15) is 0 Å². The Morgan fingerprint density at radius 3 is 1.41 bits per heavy atom. The van der Waals surface area contributed by atoms with E-state index in [0.717, 1.165) is 0 Å². The van der Waals surface area contributed by atoms with Crippen molar-refractivity contribution in [3.05, 3.63) is 0 Å². The molecule has 1 saturated heterocycles. The van der Waals surface area contributed by atoms with Gasteiger partial charge in [-0.15, -0.1) is 0 Å². The zero-order valence-electron chi connectivity index (χ0n) is 21.7. The molecule has 0 radical (unpaired) electrons. The number of rotatable bonds is 15. The molecule has 0 aromatic heterocycles. The largest absolute Gasteiger partial charge is 0.415 e. The molecule has 0 N–H and O–H groups in total. The van der Waals surface area contributed by atoms with Crippen molar-refractivity contribution in [1.82, 2.24) is 0 Å². The maximum absolute atomic E-state index is 6.96. The molecule has 29 heavy (non-hydrogen) atoms. The van der Waals surface area contributed by atoms with Gasteiger partial charge in [-0.3, -0.25) is 0 Å². The van der Waals surface area contributed by atoms with E-state index in [1.165, 1.54) is 102 Å². The van der Waals surface area contributed by atoms with Crippen LogP contribution in [0, 0.1) is 0 Å².